The zero-order valence-electron chi connectivity index (χ0n) is 19.3. The van der Waals surface area contributed by atoms with E-state index < -0.39 is 6.04 Å². The van der Waals surface area contributed by atoms with Gasteiger partial charge in [-0.2, -0.15) is 0 Å². The molecule has 1 unspecified atom stereocenters. The minimum Gasteiger partial charge on any atom is -0.497 e. The first-order valence-electron chi connectivity index (χ1n) is 11.0. The van der Waals surface area contributed by atoms with E-state index in [0.29, 0.717) is 31.0 Å². The van der Waals surface area contributed by atoms with Crippen LogP contribution >= 0.6 is 15.9 Å². The van der Waals surface area contributed by atoms with Crippen molar-refractivity contribution in [2.45, 2.75) is 52.6 Å². The van der Waals surface area contributed by atoms with Crippen molar-refractivity contribution in [1.82, 2.24) is 10.2 Å². The van der Waals surface area contributed by atoms with Crippen LogP contribution in [0, 0.1) is 6.92 Å². The van der Waals surface area contributed by atoms with Crippen molar-refractivity contribution in [3.8, 4) is 11.5 Å². The van der Waals surface area contributed by atoms with Crippen molar-refractivity contribution in [3.05, 3.63) is 58.1 Å². The molecule has 2 aromatic carbocycles. The Kier molecular flexibility index (Phi) is 10.5. The number of hydrogen-bond acceptors (Lipinski definition) is 4. The monoisotopic (exact) mass is 504 g/mol. The number of benzene rings is 2. The van der Waals surface area contributed by atoms with Crippen LogP contribution in [-0.2, 0) is 16.1 Å². The Bertz CT molecular complexity index is 903. The second-order valence-corrected chi connectivity index (χ2v) is 8.50. The molecule has 0 aliphatic carbocycles. The van der Waals surface area contributed by atoms with E-state index in [1.807, 2.05) is 56.3 Å². The van der Waals surface area contributed by atoms with Crippen LogP contribution in [0.3, 0.4) is 0 Å². The van der Waals surface area contributed by atoms with Gasteiger partial charge in [-0.25, -0.2) is 0 Å². The first-order chi connectivity index (χ1) is 15.4. The lowest BCUT2D eigenvalue weighted by molar-refractivity contribution is -0.143. The summed E-state index contributed by atoms with van der Waals surface area (Å²) in [6.07, 6.45) is 2.40. The van der Waals surface area contributed by atoms with Crippen LogP contribution in [0.25, 0.3) is 0 Å². The molecule has 0 saturated heterocycles. The molecule has 0 spiro atoms. The molecule has 2 rings (SSSR count). The van der Waals surface area contributed by atoms with Crippen molar-refractivity contribution < 1.29 is 19.1 Å². The minimum absolute atomic E-state index is 0.142. The average molecular weight is 505 g/mol. The molecule has 6 nitrogen and oxygen atoms in total. The molecular formula is C25H33BrN2O4. The molecule has 0 fully saturated rings. The fraction of sp³-hybridized carbons (Fsp3) is 0.440. The molecule has 32 heavy (non-hydrogen) atoms. The predicted octanol–water partition coefficient (Wildman–Crippen LogP) is 4.87. The summed E-state index contributed by atoms with van der Waals surface area (Å²) in [4.78, 5) is 27.7. The quantitative estimate of drug-likeness (QED) is 0.418. The van der Waals surface area contributed by atoms with Gasteiger partial charge in [0.15, 0.2) is 6.61 Å². The molecule has 1 N–H and O–H groups in total. The molecule has 174 valence electrons. The Balaban J connectivity index is 2.20. The summed E-state index contributed by atoms with van der Waals surface area (Å²) < 4.78 is 12.1. The van der Waals surface area contributed by atoms with E-state index in [4.69, 9.17) is 9.47 Å². The summed E-state index contributed by atoms with van der Waals surface area (Å²) in [7, 11) is 1.60. The van der Waals surface area contributed by atoms with Crippen LogP contribution in [0.5, 0.6) is 11.5 Å². The number of nitrogens with zero attached hydrogens (tertiary/aromatic N) is 1. The third kappa shape index (κ3) is 7.55. The number of methoxy groups -OCH3 is 1. The van der Waals surface area contributed by atoms with E-state index >= 15 is 0 Å². The van der Waals surface area contributed by atoms with Crippen LogP contribution in [0.2, 0.25) is 0 Å². The Morgan fingerprint density at radius 2 is 1.91 bits per heavy atom. The maximum absolute atomic E-state index is 13.2. The molecule has 0 aromatic heterocycles. The van der Waals surface area contributed by atoms with Gasteiger partial charge in [0, 0.05) is 17.6 Å². The first-order valence-corrected chi connectivity index (χ1v) is 11.8. The lowest BCUT2D eigenvalue weighted by Crippen LogP contribution is -2.50. The van der Waals surface area contributed by atoms with Crippen LogP contribution in [0.4, 0.5) is 0 Å². The third-order valence-corrected chi connectivity index (χ3v) is 6.08. The number of carbonyl (C=O) groups is 2. The van der Waals surface area contributed by atoms with Crippen LogP contribution in [0.15, 0.2) is 46.9 Å². The number of rotatable bonds is 12. The SMILES string of the molecule is CCCCNC(=O)C(CC)N(Cc1cccc(OC)c1)C(=O)COc1ccc(Br)c(C)c1. The van der Waals surface area contributed by atoms with E-state index in [1.54, 1.807) is 12.0 Å². The molecule has 0 bridgehead atoms. The summed E-state index contributed by atoms with van der Waals surface area (Å²) in [6.45, 7) is 6.68. The van der Waals surface area contributed by atoms with Gasteiger partial charge in [-0.15, -0.1) is 0 Å². The first kappa shape index (κ1) is 25.7. The van der Waals surface area contributed by atoms with Crippen molar-refractivity contribution in [3.63, 3.8) is 0 Å². The zero-order chi connectivity index (χ0) is 23.5. The highest BCUT2D eigenvalue weighted by molar-refractivity contribution is 9.10. The summed E-state index contributed by atoms with van der Waals surface area (Å²) in [5, 5.41) is 2.96. The number of hydrogen-bond donors (Lipinski definition) is 1. The molecule has 2 aromatic rings. The van der Waals surface area contributed by atoms with Gasteiger partial charge in [-0.3, -0.25) is 9.59 Å². The van der Waals surface area contributed by atoms with Crippen LogP contribution in [0.1, 0.15) is 44.2 Å². The summed E-state index contributed by atoms with van der Waals surface area (Å²) >= 11 is 3.47. The summed E-state index contributed by atoms with van der Waals surface area (Å²) in [5.74, 6) is 0.931. The minimum atomic E-state index is -0.583. The van der Waals surface area contributed by atoms with Gasteiger partial charge < -0.3 is 19.7 Å². The smallest absolute Gasteiger partial charge is 0.261 e. The zero-order valence-corrected chi connectivity index (χ0v) is 20.9. The van der Waals surface area contributed by atoms with Gasteiger partial charge >= 0.3 is 0 Å². The molecule has 7 heteroatoms. The van der Waals surface area contributed by atoms with Crippen molar-refractivity contribution in [1.29, 1.82) is 0 Å². The standard InChI is InChI=1S/C25H33BrN2O4/c1-5-7-13-27-25(30)23(6-2)28(16-19-9-8-10-20(15-19)31-4)24(29)17-32-21-11-12-22(26)18(3)14-21/h8-12,14-15,23H,5-7,13,16-17H2,1-4H3,(H,27,30). The molecular weight excluding hydrogens is 472 g/mol. The Hall–Kier alpha value is -2.54. The highest BCUT2D eigenvalue weighted by Crippen LogP contribution is 2.22. The van der Waals surface area contributed by atoms with E-state index in [1.165, 1.54) is 0 Å². The molecule has 0 aliphatic heterocycles. The van der Waals surface area contributed by atoms with Crippen LogP contribution in [-0.4, -0.2) is 43.0 Å². The highest BCUT2D eigenvalue weighted by Gasteiger charge is 2.29. The van der Waals surface area contributed by atoms with E-state index in [0.717, 1.165) is 28.4 Å². The Labute approximate surface area is 199 Å². The highest BCUT2D eigenvalue weighted by atomic mass is 79.9. The van der Waals surface area contributed by atoms with Crippen molar-refractivity contribution >= 4 is 27.7 Å². The molecule has 0 radical (unpaired) electrons. The Morgan fingerprint density at radius 1 is 1.12 bits per heavy atom. The normalized spacial score (nSPS) is 11.5. The van der Waals surface area contributed by atoms with Crippen molar-refractivity contribution in [2.24, 2.45) is 0 Å². The second-order valence-electron chi connectivity index (χ2n) is 7.64. The van der Waals surface area contributed by atoms with Crippen LogP contribution < -0.4 is 14.8 Å². The maximum atomic E-state index is 13.2. The van der Waals surface area contributed by atoms with Crippen molar-refractivity contribution in [2.75, 3.05) is 20.3 Å². The lowest BCUT2D eigenvalue weighted by Gasteiger charge is -2.30. The fourth-order valence-electron chi connectivity index (χ4n) is 3.33. The number of carbonyl (C=O) groups excluding carboxylic acids is 2. The topological polar surface area (TPSA) is 67.9 Å². The maximum Gasteiger partial charge on any atom is 0.261 e. The van der Waals surface area contributed by atoms with E-state index in [9.17, 15) is 9.59 Å². The number of halogens is 1. The molecule has 1 atom stereocenters. The number of unbranched alkanes of at least 4 members (excludes halogenated alkanes) is 1. The van der Waals surface area contributed by atoms with Gasteiger partial charge in [0.2, 0.25) is 5.91 Å². The van der Waals surface area contributed by atoms with Gasteiger partial charge in [0.25, 0.3) is 5.91 Å². The average Bonchev–Trinajstić information content (AvgIpc) is 2.79. The number of ether oxygens (including phenoxy) is 2. The molecule has 0 saturated carbocycles. The number of amides is 2. The van der Waals surface area contributed by atoms with E-state index in [-0.39, 0.29) is 18.4 Å². The molecule has 2 amide bonds. The predicted molar refractivity (Wildman–Crippen MR) is 130 cm³/mol. The number of aryl methyl sites for hydroxylation is 1. The lowest BCUT2D eigenvalue weighted by atomic mass is 10.1. The summed E-state index contributed by atoms with van der Waals surface area (Å²) in [5.41, 5.74) is 1.90. The largest absolute Gasteiger partial charge is 0.497 e. The summed E-state index contributed by atoms with van der Waals surface area (Å²) in [6, 6.07) is 12.5. The number of nitrogens with one attached hydrogen (secondary N) is 1. The molecule has 0 aliphatic rings. The van der Waals surface area contributed by atoms with E-state index in [2.05, 4.69) is 28.2 Å². The Morgan fingerprint density at radius 3 is 2.56 bits per heavy atom. The van der Waals surface area contributed by atoms with Gasteiger partial charge in [0.1, 0.15) is 17.5 Å². The molecule has 0 heterocycles. The van der Waals surface area contributed by atoms with Gasteiger partial charge in [-0.1, -0.05) is 48.3 Å². The van der Waals surface area contributed by atoms with Gasteiger partial charge in [0.05, 0.1) is 7.11 Å². The van der Waals surface area contributed by atoms with Gasteiger partial charge in [-0.05, 0) is 61.2 Å². The second kappa shape index (κ2) is 13.1. The fourth-order valence-corrected chi connectivity index (χ4v) is 3.57. The third-order valence-electron chi connectivity index (χ3n) is 5.19.